The standard InChI is InChI=1S/C9H10N4O/c1-2-13-7(3-4-12-13)8-9(14)11-6-5-10-8/h3-6H,2H2,1H3,(H,11,14). The zero-order valence-electron chi connectivity index (χ0n) is 7.77. The van der Waals surface area contributed by atoms with Crippen molar-refractivity contribution in [1.82, 2.24) is 19.7 Å². The van der Waals surface area contributed by atoms with Crippen LogP contribution in [0.1, 0.15) is 6.92 Å². The molecule has 5 heteroatoms. The average Bonchev–Trinajstić information content (AvgIpc) is 2.66. The highest BCUT2D eigenvalue weighted by molar-refractivity contribution is 5.52. The van der Waals surface area contributed by atoms with Crippen LogP contribution >= 0.6 is 0 Å². The second-order valence-electron chi connectivity index (χ2n) is 2.80. The van der Waals surface area contributed by atoms with E-state index in [9.17, 15) is 4.79 Å². The third kappa shape index (κ3) is 1.32. The maximum Gasteiger partial charge on any atom is 0.276 e. The van der Waals surface area contributed by atoms with Gasteiger partial charge in [0.1, 0.15) is 0 Å². The van der Waals surface area contributed by atoms with Crippen molar-refractivity contribution in [2.75, 3.05) is 0 Å². The van der Waals surface area contributed by atoms with E-state index in [1.54, 1.807) is 23.1 Å². The lowest BCUT2D eigenvalue weighted by Gasteiger charge is -2.01. The highest BCUT2D eigenvalue weighted by atomic mass is 16.1. The minimum atomic E-state index is -0.192. The number of aryl methyl sites for hydroxylation is 1. The molecule has 0 bridgehead atoms. The van der Waals surface area contributed by atoms with Crippen LogP contribution in [-0.2, 0) is 6.54 Å². The van der Waals surface area contributed by atoms with Crippen molar-refractivity contribution in [3.05, 3.63) is 35.0 Å². The molecule has 0 aliphatic rings. The van der Waals surface area contributed by atoms with E-state index in [1.807, 2.05) is 6.92 Å². The number of H-pyrrole nitrogens is 1. The summed E-state index contributed by atoms with van der Waals surface area (Å²) in [5, 5.41) is 4.08. The molecule has 14 heavy (non-hydrogen) atoms. The highest BCUT2D eigenvalue weighted by Gasteiger charge is 2.08. The van der Waals surface area contributed by atoms with Crippen molar-refractivity contribution in [3.63, 3.8) is 0 Å². The van der Waals surface area contributed by atoms with Gasteiger partial charge in [-0.15, -0.1) is 0 Å². The van der Waals surface area contributed by atoms with Crippen LogP contribution in [0.15, 0.2) is 29.5 Å². The van der Waals surface area contributed by atoms with Crippen LogP contribution in [0.5, 0.6) is 0 Å². The maximum atomic E-state index is 11.4. The molecule has 0 aliphatic carbocycles. The number of aromatic nitrogens is 4. The SMILES string of the molecule is CCn1nccc1-c1ncc[nH]c1=O. The van der Waals surface area contributed by atoms with Crippen molar-refractivity contribution in [3.8, 4) is 11.4 Å². The molecule has 0 radical (unpaired) electrons. The number of hydrogen-bond acceptors (Lipinski definition) is 3. The van der Waals surface area contributed by atoms with E-state index in [4.69, 9.17) is 0 Å². The normalized spacial score (nSPS) is 10.4. The first-order valence-corrected chi connectivity index (χ1v) is 4.39. The quantitative estimate of drug-likeness (QED) is 0.756. The van der Waals surface area contributed by atoms with Gasteiger partial charge in [0.2, 0.25) is 0 Å². The zero-order valence-corrected chi connectivity index (χ0v) is 7.77. The molecule has 2 rings (SSSR count). The van der Waals surface area contributed by atoms with Crippen molar-refractivity contribution in [2.45, 2.75) is 13.5 Å². The van der Waals surface area contributed by atoms with E-state index in [0.29, 0.717) is 5.69 Å². The van der Waals surface area contributed by atoms with E-state index in [2.05, 4.69) is 15.1 Å². The van der Waals surface area contributed by atoms with Crippen molar-refractivity contribution in [2.24, 2.45) is 0 Å². The number of rotatable bonds is 2. The van der Waals surface area contributed by atoms with Gasteiger partial charge in [-0.25, -0.2) is 4.98 Å². The molecular formula is C9H10N4O. The van der Waals surface area contributed by atoms with Gasteiger partial charge >= 0.3 is 0 Å². The summed E-state index contributed by atoms with van der Waals surface area (Å²) >= 11 is 0. The van der Waals surface area contributed by atoms with Crippen LogP contribution in [0.3, 0.4) is 0 Å². The average molecular weight is 190 g/mol. The largest absolute Gasteiger partial charge is 0.326 e. The Hall–Kier alpha value is -1.91. The Morgan fingerprint density at radius 1 is 1.50 bits per heavy atom. The van der Waals surface area contributed by atoms with Crippen LogP contribution in [-0.4, -0.2) is 19.7 Å². The molecule has 0 saturated heterocycles. The molecule has 0 saturated carbocycles. The number of nitrogens with one attached hydrogen (secondary N) is 1. The Balaban J connectivity index is 2.60. The fraction of sp³-hybridized carbons (Fsp3) is 0.222. The molecule has 2 aromatic rings. The third-order valence-electron chi connectivity index (χ3n) is 1.97. The lowest BCUT2D eigenvalue weighted by Crippen LogP contribution is -2.12. The van der Waals surface area contributed by atoms with E-state index >= 15 is 0 Å². The van der Waals surface area contributed by atoms with Gasteiger partial charge in [-0.3, -0.25) is 9.48 Å². The number of aromatic amines is 1. The lowest BCUT2D eigenvalue weighted by molar-refractivity contribution is 0.665. The summed E-state index contributed by atoms with van der Waals surface area (Å²) in [6, 6.07) is 1.78. The second kappa shape index (κ2) is 3.45. The van der Waals surface area contributed by atoms with Crippen LogP contribution in [0, 0.1) is 0 Å². The highest BCUT2D eigenvalue weighted by Crippen LogP contribution is 2.10. The smallest absolute Gasteiger partial charge is 0.276 e. The van der Waals surface area contributed by atoms with Gasteiger partial charge in [-0.05, 0) is 13.0 Å². The van der Waals surface area contributed by atoms with Gasteiger partial charge in [-0.1, -0.05) is 0 Å². The number of hydrogen-bond donors (Lipinski definition) is 1. The maximum absolute atomic E-state index is 11.4. The summed E-state index contributed by atoms with van der Waals surface area (Å²) in [5.74, 6) is 0. The molecule has 0 fully saturated rings. The van der Waals surface area contributed by atoms with Crippen LogP contribution in [0.2, 0.25) is 0 Å². The molecule has 72 valence electrons. The number of nitrogens with zero attached hydrogens (tertiary/aromatic N) is 3. The first kappa shape index (κ1) is 8.68. The second-order valence-corrected chi connectivity index (χ2v) is 2.80. The molecule has 0 aliphatic heterocycles. The first-order chi connectivity index (χ1) is 6.83. The Kier molecular flexibility index (Phi) is 2.14. The summed E-state index contributed by atoms with van der Waals surface area (Å²) < 4.78 is 1.73. The van der Waals surface area contributed by atoms with E-state index in [1.165, 1.54) is 6.20 Å². The van der Waals surface area contributed by atoms with Gasteiger partial charge in [-0.2, -0.15) is 5.10 Å². The zero-order chi connectivity index (χ0) is 9.97. The topological polar surface area (TPSA) is 63.6 Å². The summed E-state index contributed by atoms with van der Waals surface area (Å²) in [6.45, 7) is 2.69. The van der Waals surface area contributed by atoms with E-state index in [0.717, 1.165) is 12.2 Å². The summed E-state index contributed by atoms with van der Waals surface area (Å²) in [5.41, 5.74) is 0.962. The molecule has 0 spiro atoms. The Bertz CT molecular complexity index is 485. The van der Waals surface area contributed by atoms with E-state index in [-0.39, 0.29) is 5.56 Å². The molecule has 0 unspecified atom stereocenters. The van der Waals surface area contributed by atoms with Gasteiger partial charge < -0.3 is 4.98 Å². The van der Waals surface area contributed by atoms with Gasteiger partial charge in [0.25, 0.3) is 5.56 Å². The predicted octanol–water partition coefficient (Wildman–Crippen LogP) is 0.653. The summed E-state index contributed by atoms with van der Waals surface area (Å²) in [7, 11) is 0. The first-order valence-electron chi connectivity index (χ1n) is 4.39. The van der Waals surface area contributed by atoms with Gasteiger partial charge in [0, 0.05) is 25.1 Å². The molecule has 2 heterocycles. The van der Waals surface area contributed by atoms with E-state index < -0.39 is 0 Å². The Labute approximate surface area is 80.4 Å². The molecule has 0 atom stereocenters. The predicted molar refractivity (Wildman–Crippen MR) is 51.8 cm³/mol. The molecule has 5 nitrogen and oxygen atoms in total. The Morgan fingerprint density at radius 3 is 3.07 bits per heavy atom. The fourth-order valence-electron chi connectivity index (χ4n) is 1.32. The van der Waals surface area contributed by atoms with Crippen molar-refractivity contribution in [1.29, 1.82) is 0 Å². The van der Waals surface area contributed by atoms with Crippen LogP contribution in [0.4, 0.5) is 0 Å². The van der Waals surface area contributed by atoms with Gasteiger partial charge in [0.05, 0.1) is 5.69 Å². The van der Waals surface area contributed by atoms with Crippen molar-refractivity contribution >= 4 is 0 Å². The molecule has 0 amide bonds. The lowest BCUT2D eigenvalue weighted by atomic mass is 10.3. The molecule has 0 aromatic carbocycles. The summed E-state index contributed by atoms with van der Waals surface area (Å²) in [4.78, 5) is 18.0. The third-order valence-corrected chi connectivity index (χ3v) is 1.97. The van der Waals surface area contributed by atoms with Gasteiger partial charge in [0.15, 0.2) is 5.69 Å². The van der Waals surface area contributed by atoms with Crippen LogP contribution < -0.4 is 5.56 Å². The Morgan fingerprint density at radius 2 is 2.36 bits per heavy atom. The molecule has 2 aromatic heterocycles. The van der Waals surface area contributed by atoms with Crippen molar-refractivity contribution < 1.29 is 0 Å². The molecule has 1 N–H and O–H groups in total. The minimum Gasteiger partial charge on any atom is -0.326 e. The molecular weight excluding hydrogens is 180 g/mol. The summed E-state index contributed by atoms with van der Waals surface area (Å²) in [6.07, 6.45) is 4.73. The fourth-order valence-corrected chi connectivity index (χ4v) is 1.32. The monoisotopic (exact) mass is 190 g/mol. The van der Waals surface area contributed by atoms with Crippen LogP contribution in [0.25, 0.3) is 11.4 Å². The minimum absolute atomic E-state index is 0.192.